The van der Waals surface area contributed by atoms with Crippen LogP contribution in [0.15, 0.2) is 15.5 Å². The van der Waals surface area contributed by atoms with E-state index in [0.717, 1.165) is 31.9 Å². The van der Waals surface area contributed by atoms with Gasteiger partial charge in [-0.25, -0.2) is 4.68 Å². The number of carbonyl (C=O) groups is 1. The summed E-state index contributed by atoms with van der Waals surface area (Å²) < 4.78 is 1.84. The molecule has 1 amide bonds. The molecule has 1 aromatic heterocycles. The standard InChI is InChI=1S/C12H18BrN5O2/c1-14-10(19)8-17-3-5-18(6-4-17)9-7-15-16(2)12(20)11(9)13/h7H,3-6,8H2,1-2H3,(H,14,19). The van der Waals surface area contributed by atoms with Gasteiger partial charge in [0.1, 0.15) is 4.47 Å². The third-order valence-corrected chi connectivity index (χ3v) is 4.16. The molecule has 1 saturated heterocycles. The minimum Gasteiger partial charge on any atom is -0.367 e. The maximum Gasteiger partial charge on any atom is 0.282 e. The fourth-order valence-corrected chi connectivity index (χ4v) is 2.76. The summed E-state index contributed by atoms with van der Waals surface area (Å²) in [6.45, 7) is 3.53. The number of amides is 1. The van der Waals surface area contributed by atoms with Crippen LogP contribution >= 0.6 is 15.9 Å². The minimum absolute atomic E-state index is 0.0230. The maximum absolute atomic E-state index is 11.8. The van der Waals surface area contributed by atoms with Crippen LogP contribution in [0.25, 0.3) is 0 Å². The highest BCUT2D eigenvalue weighted by molar-refractivity contribution is 9.10. The van der Waals surface area contributed by atoms with Crippen LogP contribution in [0.5, 0.6) is 0 Å². The second-order valence-electron chi connectivity index (χ2n) is 4.71. The Morgan fingerprint density at radius 1 is 1.40 bits per heavy atom. The largest absolute Gasteiger partial charge is 0.367 e. The summed E-state index contributed by atoms with van der Waals surface area (Å²) >= 11 is 3.34. The fraction of sp³-hybridized carbons (Fsp3) is 0.583. The van der Waals surface area contributed by atoms with Gasteiger partial charge in [0.05, 0.1) is 18.4 Å². The molecule has 7 nitrogen and oxygen atoms in total. The first-order valence-electron chi connectivity index (χ1n) is 6.42. The van der Waals surface area contributed by atoms with E-state index in [9.17, 15) is 9.59 Å². The molecule has 1 N–H and O–H groups in total. The summed E-state index contributed by atoms with van der Waals surface area (Å²) in [5.74, 6) is 0.0230. The predicted octanol–water partition coefficient (Wildman–Crippen LogP) is -0.589. The lowest BCUT2D eigenvalue weighted by Gasteiger charge is -2.35. The van der Waals surface area contributed by atoms with E-state index in [0.29, 0.717) is 11.0 Å². The van der Waals surface area contributed by atoms with Crippen molar-refractivity contribution in [3.63, 3.8) is 0 Å². The maximum atomic E-state index is 11.8. The van der Waals surface area contributed by atoms with Gasteiger partial charge in [0.25, 0.3) is 5.56 Å². The normalized spacial score (nSPS) is 16.2. The monoisotopic (exact) mass is 343 g/mol. The molecule has 1 aromatic rings. The summed E-state index contributed by atoms with van der Waals surface area (Å²) in [6.07, 6.45) is 1.69. The Kier molecular flexibility index (Phi) is 4.77. The van der Waals surface area contributed by atoms with Crippen molar-refractivity contribution in [2.24, 2.45) is 7.05 Å². The van der Waals surface area contributed by atoms with E-state index >= 15 is 0 Å². The third-order valence-electron chi connectivity index (χ3n) is 3.42. The molecule has 8 heteroatoms. The molecule has 0 spiro atoms. The van der Waals surface area contributed by atoms with Crippen LogP contribution in [0.4, 0.5) is 5.69 Å². The zero-order valence-corrected chi connectivity index (χ0v) is 13.2. The first-order valence-corrected chi connectivity index (χ1v) is 7.22. The highest BCUT2D eigenvalue weighted by atomic mass is 79.9. The Hall–Kier alpha value is -1.41. The van der Waals surface area contributed by atoms with E-state index in [2.05, 4.69) is 36.1 Å². The molecule has 2 rings (SSSR count). The van der Waals surface area contributed by atoms with Crippen LogP contribution in [-0.2, 0) is 11.8 Å². The number of hydrogen-bond acceptors (Lipinski definition) is 5. The summed E-state index contributed by atoms with van der Waals surface area (Å²) in [4.78, 5) is 27.4. The smallest absolute Gasteiger partial charge is 0.282 e. The highest BCUT2D eigenvalue weighted by Crippen LogP contribution is 2.22. The fourth-order valence-electron chi connectivity index (χ4n) is 2.15. The Morgan fingerprint density at radius 2 is 2.05 bits per heavy atom. The minimum atomic E-state index is -0.143. The van der Waals surface area contributed by atoms with Gasteiger partial charge in [-0.3, -0.25) is 14.5 Å². The number of halogens is 1. The molecule has 0 atom stereocenters. The Bertz CT molecular complexity index is 551. The number of hydrogen-bond donors (Lipinski definition) is 1. The van der Waals surface area contributed by atoms with Crippen LogP contribution < -0.4 is 15.8 Å². The third kappa shape index (κ3) is 3.18. The number of piperazine rings is 1. The summed E-state index contributed by atoms with van der Waals surface area (Å²) in [7, 11) is 3.26. The van der Waals surface area contributed by atoms with Gasteiger partial charge in [0.15, 0.2) is 0 Å². The molecule has 0 saturated carbocycles. The first-order chi connectivity index (χ1) is 9.52. The van der Waals surface area contributed by atoms with Gasteiger partial charge in [-0.1, -0.05) is 0 Å². The van der Waals surface area contributed by atoms with Gasteiger partial charge in [0.2, 0.25) is 5.91 Å². The predicted molar refractivity (Wildman–Crippen MR) is 79.9 cm³/mol. The molecule has 0 aliphatic carbocycles. The molecule has 1 fully saturated rings. The zero-order valence-electron chi connectivity index (χ0n) is 11.6. The molecule has 1 aliphatic heterocycles. The van der Waals surface area contributed by atoms with Crippen LogP contribution in [-0.4, -0.2) is 60.4 Å². The van der Waals surface area contributed by atoms with E-state index in [1.54, 1.807) is 20.3 Å². The van der Waals surface area contributed by atoms with Crippen LogP contribution in [0.2, 0.25) is 0 Å². The van der Waals surface area contributed by atoms with Gasteiger partial charge in [-0.15, -0.1) is 0 Å². The van der Waals surface area contributed by atoms with E-state index in [1.165, 1.54) is 4.68 Å². The van der Waals surface area contributed by atoms with E-state index in [1.807, 2.05) is 0 Å². The van der Waals surface area contributed by atoms with Crippen LogP contribution in [0.1, 0.15) is 0 Å². The second kappa shape index (κ2) is 6.36. The van der Waals surface area contributed by atoms with Gasteiger partial charge in [0, 0.05) is 40.3 Å². The number of aryl methyl sites for hydroxylation is 1. The highest BCUT2D eigenvalue weighted by Gasteiger charge is 2.21. The number of nitrogens with one attached hydrogen (secondary N) is 1. The lowest BCUT2D eigenvalue weighted by Crippen LogP contribution is -2.49. The molecule has 0 unspecified atom stereocenters. The van der Waals surface area contributed by atoms with Crippen molar-refractivity contribution in [3.05, 3.63) is 21.0 Å². The average molecular weight is 344 g/mol. The van der Waals surface area contributed by atoms with Crippen molar-refractivity contribution >= 4 is 27.5 Å². The lowest BCUT2D eigenvalue weighted by atomic mass is 10.3. The van der Waals surface area contributed by atoms with E-state index < -0.39 is 0 Å². The van der Waals surface area contributed by atoms with Crippen LogP contribution in [0, 0.1) is 0 Å². The van der Waals surface area contributed by atoms with Crippen molar-refractivity contribution in [2.75, 3.05) is 44.7 Å². The van der Waals surface area contributed by atoms with Crippen molar-refractivity contribution in [3.8, 4) is 0 Å². The number of carbonyl (C=O) groups excluding carboxylic acids is 1. The average Bonchev–Trinajstić information content (AvgIpc) is 2.46. The van der Waals surface area contributed by atoms with Crippen molar-refractivity contribution in [1.29, 1.82) is 0 Å². The molecule has 0 radical (unpaired) electrons. The Balaban J connectivity index is 2.03. The summed E-state index contributed by atoms with van der Waals surface area (Å²) in [6, 6.07) is 0. The van der Waals surface area contributed by atoms with Crippen molar-refractivity contribution in [1.82, 2.24) is 20.0 Å². The van der Waals surface area contributed by atoms with Crippen molar-refractivity contribution in [2.45, 2.75) is 0 Å². The second-order valence-corrected chi connectivity index (χ2v) is 5.50. The number of likely N-dealkylation sites (N-methyl/N-ethyl adjacent to an activating group) is 1. The van der Waals surface area contributed by atoms with Gasteiger partial charge < -0.3 is 10.2 Å². The molecular weight excluding hydrogens is 326 g/mol. The number of aromatic nitrogens is 2. The number of nitrogens with zero attached hydrogens (tertiary/aromatic N) is 4. The lowest BCUT2D eigenvalue weighted by molar-refractivity contribution is -0.121. The van der Waals surface area contributed by atoms with Gasteiger partial charge in [-0.05, 0) is 15.9 Å². The summed E-state index contributed by atoms with van der Waals surface area (Å²) in [5, 5.41) is 6.67. The SMILES string of the molecule is CNC(=O)CN1CCN(c2cnn(C)c(=O)c2Br)CC1. The zero-order chi connectivity index (χ0) is 14.7. The quantitative estimate of drug-likeness (QED) is 0.794. The van der Waals surface area contributed by atoms with Gasteiger partial charge in [-0.2, -0.15) is 5.10 Å². The van der Waals surface area contributed by atoms with E-state index in [-0.39, 0.29) is 11.5 Å². The van der Waals surface area contributed by atoms with Crippen LogP contribution in [0.3, 0.4) is 0 Å². The number of rotatable bonds is 3. The first kappa shape index (κ1) is 15.0. The molecule has 1 aliphatic rings. The van der Waals surface area contributed by atoms with E-state index in [4.69, 9.17) is 0 Å². The Labute approximate surface area is 125 Å². The molecule has 0 bridgehead atoms. The van der Waals surface area contributed by atoms with Crippen molar-refractivity contribution < 1.29 is 4.79 Å². The molecular formula is C12H18BrN5O2. The van der Waals surface area contributed by atoms with Gasteiger partial charge >= 0.3 is 0 Å². The number of anilines is 1. The molecule has 0 aromatic carbocycles. The molecule has 2 heterocycles. The molecule has 110 valence electrons. The topological polar surface area (TPSA) is 70.5 Å². The molecule has 20 heavy (non-hydrogen) atoms. The Morgan fingerprint density at radius 3 is 2.65 bits per heavy atom. The summed E-state index contributed by atoms with van der Waals surface area (Å²) in [5.41, 5.74) is 0.669.